The summed E-state index contributed by atoms with van der Waals surface area (Å²) in [7, 11) is 0. The van der Waals surface area contributed by atoms with E-state index in [1.165, 1.54) is 11.3 Å². The highest BCUT2D eigenvalue weighted by atomic mass is 32.1. The number of rotatable bonds is 6. The van der Waals surface area contributed by atoms with Gasteiger partial charge >= 0.3 is 0 Å². The molecular weight excluding hydrogens is 310 g/mol. The molecule has 118 valence electrons. The van der Waals surface area contributed by atoms with E-state index < -0.39 is 0 Å². The third kappa shape index (κ3) is 3.81. The zero-order valence-electron chi connectivity index (χ0n) is 12.7. The highest BCUT2D eigenvalue weighted by Gasteiger charge is 2.08. The molecule has 0 saturated carbocycles. The number of hydrogen-bond acceptors (Lipinski definition) is 6. The fourth-order valence-electron chi connectivity index (χ4n) is 2.20. The molecule has 7 heteroatoms. The minimum absolute atomic E-state index is 0.151. The number of fused-ring (bicyclic) bond motifs is 1. The molecule has 0 aliphatic heterocycles. The van der Waals surface area contributed by atoms with E-state index in [0.29, 0.717) is 5.13 Å². The van der Waals surface area contributed by atoms with Crippen molar-refractivity contribution in [3.8, 4) is 0 Å². The third-order valence-corrected chi connectivity index (χ3v) is 4.15. The number of amides is 1. The van der Waals surface area contributed by atoms with E-state index in [-0.39, 0.29) is 12.5 Å². The van der Waals surface area contributed by atoms with Crippen molar-refractivity contribution in [2.75, 3.05) is 17.2 Å². The van der Waals surface area contributed by atoms with Crippen LogP contribution in [0, 0.1) is 0 Å². The Kier molecular flexibility index (Phi) is 4.77. The van der Waals surface area contributed by atoms with E-state index in [0.717, 1.165) is 34.4 Å². The van der Waals surface area contributed by atoms with Gasteiger partial charge in [-0.1, -0.05) is 36.5 Å². The van der Waals surface area contributed by atoms with Gasteiger partial charge in [0.2, 0.25) is 11.0 Å². The van der Waals surface area contributed by atoms with Gasteiger partial charge in [0, 0.05) is 18.0 Å². The normalized spacial score (nSPS) is 10.7. The molecule has 2 heterocycles. The second kappa shape index (κ2) is 7.15. The van der Waals surface area contributed by atoms with Crippen molar-refractivity contribution in [3.63, 3.8) is 0 Å². The number of hydrogen-bond donors (Lipinski definition) is 2. The fourth-order valence-corrected chi connectivity index (χ4v) is 3.06. The summed E-state index contributed by atoms with van der Waals surface area (Å²) < 4.78 is 0. The standard InChI is InChI=1S/C16H17N5OS/c1-2-5-14-20-21-16(23-14)19-13(22)10-18-12-8-3-6-11-7-4-9-17-15(11)12/h3-4,6-9,18H,2,5,10H2,1H3,(H,19,21,22). The molecule has 0 aliphatic carbocycles. The minimum Gasteiger partial charge on any atom is -0.374 e. The summed E-state index contributed by atoms with van der Waals surface area (Å²) >= 11 is 1.42. The van der Waals surface area contributed by atoms with E-state index in [4.69, 9.17) is 0 Å². The largest absolute Gasteiger partial charge is 0.374 e. The molecule has 0 saturated heterocycles. The topological polar surface area (TPSA) is 79.8 Å². The predicted octanol–water partition coefficient (Wildman–Crippen LogP) is 3.09. The Morgan fingerprint density at radius 3 is 2.96 bits per heavy atom. The highest BCUT2D eigenvalue weighted by Crippen LogP contribution is 2.20. The van der Waals surface area contributed by atoms with Crippen LogP contribution in [0.25, 0.3) is 10.9 Å². The molecule has 6 nitrogen and oxygen atoms in total. The summed E-state index contributed by atoms with van der Waals surface area (Å²) in [5.41, 5.74) is 1.69. The average molecular weight is 327 g/mol. The number of carbonyl (C=O) groups is 1. The quantitative estimate of drug-likeness (QED) is 0.727. The Hall–Kier alpha value is -2.54. The first-order valence-electron chi connectivity index (χ1n) is 7.46. The Morgan fingerprint density at radius 2 is 2.09 bits per heavy atom. The van der Waals surface area contributed by atoms with Crippen molar-refractivity contribution in [3.05, 3.63) is 41.5 Å². The van der Waals surface area contributed by atoms with Crippen molar-refractivity contribution in [2.45, 2.75) is 19.8 Å². The van der Waals surface area contributed by atoms with Crippen LogP contribution in [0.5, 0.6) is 0 Å². The van der Waals surface area contributed by atoms with Crippen LogP contribution in [0.4, 0.5) is 10.8 Å². The van der Waals surface area contributed by atoms with E-state index in [1.807, 2.05) is 30.3 Å². The van der Waals surface area contributed by atoms with Gasteiger partial charge in [-0.3, -0.25) is 15.1 Å². The van der Waals surface area contributed by atoms with Crippen molar-refractivity contribution < 1.29 is 4.79 Å². The lowest BCUT2D eigenvalue weighted by Gasteiger charge is -2.08. The molecule has 0 bridgehead atoms. The number of aromatic nitrogens is 3. The molecule has 0 atom stereocenters. The zero-order chi connectivity index (χ0) is 16.1. The number of benzene rings is 1. The Labute approximate surface area is 138 Å². The van der Waals surface area contributed by atoms with Crippen molar-refractivity contribution in [1.82, 2.24) is 15.2 Å². The number of nitrogens with one attached hydrogen (secondary N) is 2. The molecule has 0 radical (unpaired) electrons. The summed E-state index contributed by atoms with van der Waals surface area (Å²) in [5.74, 6) is -0.155. The van der Waals surface area contributed by atoms with Gasteiger partial charge in [0.15, 0.2) is 0 Å². The summed E-state index contributed by atoms with van der Waals surface area (Å²) in [6.07, 6.45) is 3.63. The van der Waals surface area contributed by atoms with Gasteiger partial charge in [0.1, 0.15) is 5.01 Å². The van der Waals surface area contributed by atoms with Gasteiger partial charge in [-0.2, -0.15) is 0 Å². The Bertz CT molecular complexity index is 812. The molecule has 0 aliphatic rings. The molecule has 0 spiro atoms. The van der Waals surface area contributed by atoms with E-state index in [2.05, 4.69) is 32.7 Å². The maximum absolute atomic E-state index is 12.0. The molecule has 2 aromatic heterocycles. The number of pyridine rings is 1. The molecule has 3 aromatic rings. The molecule has 0 unspecified atom stereocenters. The van der Waals surface area contributed by atoms with Gasteiger partial charge in [-0.25, -0.2) is 0 Å². The second-order valence-electron chi connectivity index (χ2n) is 5.03. The predicted molar refractivity (Wildman–Crippen MR) is 92.8 cm³/mol. The van der Waals surface area contributed by atoms with Crippen LogP contribution in [0.3, 0.4) is 0 Å². The van der Waals surface area contributed by atoms with Gasteiger partial charge in [-0.15, -0.1) is 10.2 Å². The van der Waals surface area contributed by atoms with Crippen LogP contribution in [0.2, 0.25) is 0 Å². The lowest BCUT2D eigenvalue weighted by molar-refractivity contribution is -0.114. The van der Waals surface area contributed by atoms with E-state index in [9.17, 15) is 4.79 Å². The number of para-hydroxylation sites is 1. The molecular formula is C16H17N5OS. The van der Waals surface area contributed by atoms with Gasteiger partial charge in [0.25, 0.3) is 0 Å². The molecule has 3 rings (SSSR count). The molecule has 2 N–H and O–H groups in total. The summed E-state index contributed by atoms with van der Waals surface area (Å²) in [6, 6.07) is 9.72. The maximum Gasteiger partial charge on any atom is 0.245 e. The Morgan fingerprint density at radius 1 is 1.22 bits per heavy atom. The minimum atomic E-state index is -0.155. The molecule has 1 amide bonds. The number of carbonyl (C=O) groups excluding carboxylic acids is 1. The van der Waals surface area contributed by atoms with Crippen LogP contribution in [0.1, 0.15) is 18.4 Å². The van der Waals surface area contributed by atoms with Crippen LogP contribution in [0.15, 0.2) is 36.5 Å². The highest BCUT2D eigenvalue weighted by molar-refractivity contribution is 7.15. The Balaban J connectivity index is 1.61. The summed E-state index contributed by atoms with van der Waals surface area (Å²) in [5, 5.41) is 16.4. The first-order valence-corrected chi connectivity index (χ1v) is 8.28. The van der Waals surface area contributed by atoms with Crippen LogP contribution in [-0.2, 0) is 11.2 Å². The van der Waals surface area contributed by atoms with Crippen molar-refractivity contribution >= 4 is 39.0 Å². The first-order chi connectivity index (χ1) is 11.3. The van der Waals surface area contributed by atoms with Gasteiger partial charge in [-0.05, 0) is 18.6 Å². The van der Waals surface area contributed by atoms with Crippen LogP contribution >= 0.6 is 11.3 Å². The fraction of sp³-hybridized carbons (Fsp3) is 0.250. The van der Waals surface area contributed by atoms with E-state index in [1.54, 1.807) is 6.20 Å². The van der Waals surface area contributed by atoms with E-state index >= 15 is 0 Å². The average Bonchev–Trinajstić information content (AvgIpc) is 3.00. The lowest BCUT2D eigenvalue weighted by atomic mass is 10.2. The van der Waals surface area contributed by atoms with Crippen molar-refractivity contribution in [2.24, 2.45) is 0 Å². The zero-order valence-corrected chi connectivity index (χ0v) is 13.6. The summed E-state index contributed by atoms with van der Waals surface area (Å²) in [4.78, 5) is 16.4. The SMILES string of the molecule is CCCc1nnc(NC(=O)CNc2cccc3cccnc23)s1. The van der Waals surface area contributed by atoms with Gasteiger partial charge < -0.3 is 5.32 Å². The molecule has 1 aromatic carbocycles. The monoisotopic (exact) mass is 327 g/mol. The number of aryl methyl sites for hydroxylation is 1. The van der Waals surface area contributed by atoms with Crippen molar-refractivity contribution in [1.29, 1.82) is 0 Å². The molecule has 0 fully saturated rings. The summed E-state index contributed by atoms with van der Waals surface area (Å²) in [6.45, 7) is 2.24. The number of anilines is 2. The maximum atomic E-state index is 12.0. The lowest BCUT2D eigenvalue weighted by Crippen LogP contribution is -2.21. The van der Waals surface area contributed by atoms with Crippen LogP contribution in [-0.4, -0.2) is 27.6 Å². The second-order valence-corrected chi connectivity index (χ2v) is 6.10. The third-order valence-electron chi connectivity index (χ3n) is 3.25. The van der Waals surface area contributed by atoms with Gasteiger partial charge in [0.05, 0.1) is 17.7 Å². The molecule has 23 heavy (non-hydrogen) atoms. The van der Waals surface area contributed by atoms with Crippen LogP contribution < -0.4 is 10.6 Å². The number of nitrogens with zero attached hydrogens (tertiary/aromatic N) is 3. The first kappa shape index (κ1) is 15.4. The smallest absolute Gasteiger partial charge is 0.245 e.